The van der Waals surface area contributed by atoms with E-state index >= 15 is 0 Å². The van der Waals surface area contributed by atoms with E-state index in [2.05, 4.69) is 0 Å². The van der Waals surface area contributed by atoms with E-state index in [1.165, 1.54) is 24.3 Å². The molecule has 0 heterocycles. The molecule has 1 aromatic rings. The fourth-order valence-electron chi connectivity index (χ4n) is 1.28. The Bertz CT molecular complexity index is 530. The predicted octanol–water partition coefficient (Wildman–Crippen LogP) is 0.793. The molecule has 92 valence electrons. The third-order valence-corrected chi connectivity index (χ3v) is 2.29. The number of carbonyl (C=O) groups excluding carboxylic acids is 2. The number of amides is 1. The van der Waals surface area contributed by atoms with E-state index in [1.54, 1.807) is 6.07 Å². The maximum absolute atomic E-state index is 11.7. The molecule has 1 atom stereocenters. The van der Waals surface area contributed by atoms with Crippen molar-refractivity contribution in [1.82, 2.24) is 0 Å². The summed E-state index contributed by atoms with van der Waals surface area (Å²) in [4.78, 5) is 32.3. The van der Waals surface area contributed by atoms with Gasteiger partial charge in [-0.15, -0.1) is 0 Å². The second-order valence-electron chi connectivity index (χ2n) is 3.52. The molecule has 0 spiro atoms. The molecule has 7 heteroatoms. The first-order valence-electron chi connectivity index (χ1n) is 4.92. The second-order valence-corrected chi connectivity index (χ2v) is 3.52. The van der Waals surface area contributed by atoms with Crippen molar-refractivity contribution in [1.29, 1.82) is 5.26 Å². The Morgan fingerprint density at radius 2 is 1.94 bits per heavy atom. The highest BCUT2D eigenvalue weighted by molar-refractivity contribution is 5.99. The lowest BCUT2D eigenvalue weighted by Crippen LogP contribution is -2.24. The van der Waals surface area contributed by atoms with Gasteiger partial charge in [0, 0.05) is 24.1 Å². The van der Waals surface area contributed by atoms with Gasteiger partial charge in [-0.25, -0.2) is 0 Å². The van der Waals surface area contributed by atoms with Crippen molar-refractivity contribution in [2.24, 2.45) is 11.7 Å². The molecule has 1 rings (SSSR count). The summed E-state index contributed by atoms with van der Waals surface area (Å²) in [6, 6.07) is 6.53. The number of nitrogens with zero attached hydrogens (tertiary/aromatic N) is 2. The number of hydrogen-bond donors (Lipinski definition) is 1. The van der Waals surface area contributed by atoms with Crippen molar-refractivity contribution >= 4 is 17.4 Å². The number of non-ortho nitro benzene ring substituents is 1. The summed E-state index contributed by atoms with van der Waals surface area (Å²) in [5.74, 6) is -2.52. The molecule has 1 aromatic carbocycles. The molecule has 2 N–H and O–H groups in total. The van der Waals surface area contributed by atoms with E-state index in [4.69, 9.17) is 11.0 Å². The normalized spacial score (nSPS) is 11.3. The maximum Gasteiger partial charge on any atom is 0.269 e. The van der Waals surface area contributed by atoms with Crippen molar-refractivity contribution in [3.05, 3.63) is 39.9 Å². The van der Waals surface area contributed by atoms with Crippen LogP contribution < -0.4 is 5.73 Å². The Morgan fingerprint density at radius 1 is 1.39 bits per heavy atom. The molecular weight excluding hydrogens is 238 g/mol. The van der Waals surface area contributed by atoms with Gasteiger partial charge in [0.2, 0.25) is 5.91 Å². The summed E-state index contributed by atoms with van der Waals surface area (Å²) >= 11 is 0. The number of benzene rings is 1. The zero-order chi connectivity index (χ0) is 13.7. The van der Waals surface area contributed by atoms with E-state index in [9.17, 15) is 19.7 Å². The van der Waals surface area contributed by atoms with Crippen molar-refractivity contribution in [2.75, 3.05) is 0 Å². The van der Waals surface area contributed by atoms with Crippen LogP contribution >= 0.6 is 0 Å². The van der Waals surface area contributed by atoms with Crippen LogP contribution in [-0.4, -0.2) is 16.6 Å². The lowest BCUT2D eigenvalue weighted by Gasteiger charge is -2.03. The highest BCUT2D eigenvalue weighted by atomic mass is 16.6. The number of hydrogen-bond acceptors (Lipinski definition) is 5. The van der Waals surface area contributed by atoms with Crippen LogP contribution in [0, 0.1) is 27.4 Å². The van der Waals surface area contributed by atoms with Gasteiger partial charge >= 0.3 is 0 Å². The van der Waals surface area contributed by atoms with Gasteiger partial charge in [-0.1, -0.05) is 0 Å². The largest absolute Gasteiger partial charge is 0.369 e. The van der Waals surface area contributed by atoms with E-state index in [1.807, 2.05) is 0 Å². The SMILES string of the molecule is N#CC(CC(=O)c1ccc([N+](=O)[O-])cc1)C(N)=O. The summed E-state index contributed by atoms with van der Waals surface area (Å²) in [6.45, 7) is 0. The van der Waals surface area contributed by atoms with Crippen molar-refractivity contribution in [3.8, 4) is 6.07 Å². The summed E-state index contributed by atoms with van der Waals surface area (Å²) < 4.78 is 0. The van der Waals surface area contributed by atoms with E-state index in [0.717, 1.165) is 0 Å². The van der Waals surface area contributed by atoms with E-state index in [0.29, 0.717) is 0 Å². The molecule has 0 bridgehead atoms. The topological polar surface area (TPSA) is 127 Å². The Labute approximate surface area is 102 Å². The Hall–Kier alpha value is -2.75. The zero-order valence-electron chi connectivity index (χ0n) is 9.20. The molecule has 0 radical (unpaired) electrons. The number of ketones is 1. The third kappa shape index (κ3) is 3.12. The third-order valence-electron chi connectivity index (χ3n) is 2.29. The molecule has 0 saturated heterocycles. The first kappa shape index (κ1) is 13.3. The maximum atomic E-state index is 11.7. The Balaban J connectivity index is 2.82. The van der Waals surface area contributed by atoms with Crippen LogP contribution in [0.1, 0.15) is 16.8 Å². The van der Waals surface area contributed by atoms with Crippen LogP contribution in [0.3, 0.4) is 0 Å². The lowest BCUT2D eigenvalue weighted by molar-refractivity contribution is -0.384. The number of carbonyl (C=O) groups is 2. The molecule has 1 unspecified atom stereocenters. The highest BCUT2D eigenvalue weighted by Gasteiger charge is 2.20. The van der Waals surface area contributed by atoms with E-state index < -0.39 is 22.5 Å². The molecule has 0 aromatic heterocycles. The number of primary amides is 1. The fourth-order valence-corrected chi connectivity index (χ4v) is 1.28. The number of nitro groups is 1. The monoisotopic (exact) mass is 247 g/mol. The Kier molecular flexibility index (Phi) is 4.10. The highest BCUT2D eigenvalue weighted by Crippen LogP contribution is 2.15. The molecule has 0 fully saturated rings. The van der Waals surface area contributed by atoms with Gasteiger partial charge < -0.3 is 5.73 Å². The van der Waals surface area contributed by atoms with Gasteiger partial charge in [-0.3, -0.25) is 19.7 Å². The molecule has 18 heavy (non-hydrogen) atoms. The average molecular weight is 247 g/mol. The molecule has 0 aliphatic rings. The predicted molar refractivity (Wildman–Crippen MR) is 60.3 cm³/mol. The van der Waals surface area contributed by atoms with Crippen molar-refractivity contribution in [3.63, 3.8) is 0 Å². The smallest absolute Gasteiger partial charge is 0.269 e. The van der Waals surface area contributed by atoms with Gasteiger partial charge in [-0.2, -0.15) is 5.26 Å². The van der Waals surface area contributed by atoms with Gasteiger partial charge in [0.25, 0.3) is 5.69 Å². The van der Waals surface area contributed by atoms with Crippen molar-refractivity contribution in [2.45, 2.75) is 6.42 Å². The van der Waals surface area contributed by atoms with E-state index in [-0.39, 0.29) is 17.7 Å². The van der Waals surface area contributed by atoms with Gasteiger partial charge in [0.1, 0.15) is 5.92 Å². The summed E-state index contributed by atoms with van der Waals surface area (Å²) in [5.41, 5.74) is 4.99. The molecule has 1 amide bonds. The molecule has 7 nitrogen and oxygen atoms in total. The van der Waals surface area contributed by atoms with Crippen LogP contribution in [0.25, 0.3) is 0 Å². The standard InChI is InChI=1S/C11H9N3O4/c12-6-8(11(13)16)5-10(15)7-1-3-9(4-2-7)14(17)18/h1-4,8H,5H2,(H2,13,16). The summed E-state index contributed by atoms with van der Waals surface area (Å²) in [5, 5.41) is 19.0. The summed E-state index contributed by atoms with van der Waals surface area (Å²) in [7, 11) is 0. The van der Waals surface area contributed by atoms with Crippen LogP contribution in [0.15, 0.2) is 24.3 Å². The van der Waals surface area contributed by atoms with Crippen molar-refractivity contribution < 1.29 is 14.5 Å². The molecular formula is C11H9N3O4. The number of Topliss-reactive ketones (excluding diaryl/α,β-unsaturated/α-hetero) is 1. The minimum atomic E-state index is -1.19. The van der Waals surface area contributed by atoms with Gasteiger partial charge in [0.05, 0.1) is 11.0 Å². The fraction of sp³-hybridized carbons (Fsp3) is 0.182. The number of nitro benzene ring substituents is 1. The summed E-state index contributed by atoms with van der Waals surface area (Å²) in [6.07, 6.45) is -0.330. The first-order chi connectivity index (χ1) is 8.45. The Morgan fingerprint density at radius 3 is 2.33 bits per heavy atom. The number of rotatable bonds is 5. The molecule has 0 saturated carbocycles. The zero-order valence-corrected chi connectivity index (χ0v) is 9.20. The van der Waals surface area contributed by atoms with Crippen LogP contribution in [0.4, 0.5) is 5.69 Å². The first-order valence-corrected chi connectivity index (χ1v) is 4.92. The van der Waals surface area contributed by atoms with Gasteiger partial charge in [-0.05, 0) is 12.1 Å². The number of nitrogens with two attached hydrogens (primary N) is 1. The molecule has 0 aliphatic heterocycles. The van der Waals surface area contributed by atoms with Crippen LogP contribution in [-0.2, 0) is 4.79 Å². The second kappa shape index (κ2) is 5.54. The average Bonchev–Trinajstić information content (AvgIpc) is 2.35. The molecule has 0 aliphatic carbocycles. The van der Waals surface area contributed by atoms with Crippen LogP contribution in [0.2, 0.25) is 0 Å². The quantitative estimate of drug-likeness (QED) is 0.467. The number of nitriles is 1. The minimum absolute atomic E-state index is 0.140. The van der Waals surface area contributed by atoms with Gasteiger partial charge in [0.15, 0.2) is 5.78 Å². The minimum Gasteiger partial charge on any atom is -0.369 e. The lowest BCUT2D eigenvalue weighted by atomic mass is 9.99. The van der Waals surface area contributed by atoms with Crippen LogP contribution in [0.5, 0.6) is 0 Å².